The van der Waals surface area contributed by atoms with E-state index in [4.69, 9.17) is 23.2 Å². The molecule has 0 unspecified atom stereocenters. The van der Waals surface area contributed by atoms with Gasteiger partial charge in [0.05, 0.1) is 10.7 Å². The van der Waals surface area contributed by atoms with E-state index < -0.39 is 0 Å². The van der Waals surface area contributed by atoms with Crippen molar-refractivity contribution in [1.82, 2.24) is 5.32 Å². The lowest BCUT2D eigenvalue weighted by molar-refractivity contribution is 0.530. The summed E-state index contributed by atoms with van der Waals surface area (Å²) in [6.45, 7) is 5.06. The second-order valence-electron chi connectivity index (χ2n) is 4.16. The van der Waals surface area contributed by atoms with Crippen LogP contribution in [-0.4, -0.2) is 19.1 Å². The highest BCUT2D eigenvalue weighted by Gasteiger charge is 2.17. The minimum atomic E-state index is -0.0494. The molecule has 0 saturated heterocycles. The Balaban J connectivity index is 2.80. The molecule has 4 heteroatoms. The van der Waals surface area contributed by atoms with Crippen molar-refractivity contribution in [2.24, 2.45) is 0 Å². The van der Waals surface area contributed by atoms with E-state index >= 15 is 0 Å². The van der Waals surface area contributed by atoms with Crippen LogP contribution in [0.5, 0.6) is 0 Å². The average Bonchev–Trinajstić information content (AvgIpc) is 2.09. The number of hydrogen-bond donors (Lipinski definition) is 2. The van der Waals surface area contributed by atoms with Crippen LogP contribution in [0.1, 0.15) is 13.8 Å². The maximum Gasteiger partial charge on any atom is 0.0652 e. The van der Waals surface area contributed by atoms with Crippen molar-refractivity contribution in [3.63, 3.8) is 0 Å². The second kappa shape index (κ2) is 5.06. The minimum Gasteiger partial charge on any atom is -0.378 e. The maximum absolute atomic E-state index is 6.07. The molecular formula is C11H16Cl2N2. The van der Waals surface area contributed by atoms with E-state index in [0.29, 0.717) is 10.0 Å². The predicted molar refractivity (Wildman–Crippen MR) is 68.1 cm³/mol. The highest BCUT2D eigenvalue weighted by Crippen LogP contribution is 2.27. The highest BCUT2D eigenvalue weighted by molar-refractivity contribution is 6.36. The fraction of sp³-hybridized carbons (Fsp3) is 0.455. The smallest absolute Gasteiger partial charge is 0.0652 e. The minimum absolute atomic E-state index is 0.0494. The molecular weight excluding hydrogens is 231 g/mol. The molecule has 0 aromatic heterocycles. The van der Waals surface area contributed by atoms with Crippen molar-refractivity contribution < 1.29 is 0 Å². The van der Waals surface area contributed by atoms with E-state index in [-0.39, 0.29) is 5.54 Å². The van der Waals surface area contributed by atoms with Gasteiger partial charge in [0.2, 0.25) is 0 Å². The van der Waals surface area contributed by atoms with Gasteiger partial charge >= 0.3 is 0 Å². The molecule has 2 nitrogen and oxygen atoms in total. The molecule has 0 spiro atoms. The number of nitrogens with one attached hydrogen (secondary N) is 2. The van der Waals surface area contributed by atoms with Crippen LogP contribution in [0.3, 0.4) is 0 Å². The normalized spacial score (nSPS) is 11.5. The number of anilines is 1. The lowest BCUT2D eigenvalue weighted by atomic mass is 10.1. The second-order valence-corrected chi connectivity index (χ2v) is 5.01. The fourth-order valence-electron chi connectivity index (χ4n) is 1.44. The zero-order chi connectivity index (χ0) is 11.5. The molecule has 0 amide bonds. The number of rotatable bonds is 4. The Bertz CT molecular complexity index is 337. The summed E-state index contributed by atoms with van der Waals surface area (Å²) >= 11 is 11.9. The molecule has 0 radical (unpaired) electrons. The molecule has 84 valence electrons. The Hall–Kier alpha value is -0.440. The standard InChI is InChI=1S/C11H16Cl2N2/c1-11(2,7-14-3)15-10-5-4-8(12)6-9(10)13/h4-6,14-15H,7H2,1-3H3. The summed E-state index contributed by atoms with van der Waals surface area (Å²) in [5.41, 5.74) is 0.855. The number of halogens is 2. The van der Waals surface area contributed by atoms with Crippen LogP contribution in [0, 0.1) is 0 Å². The first-order chi connectivity index (χ1) is 6.94. The summed E-state index contributed by atoms with van der Waals surface area (Å²) in [6, 6.07) is 5.45. The summed E-state index contributed by atoms with van der Waals surface area (Å²) in [4.78, 5) is 0. The lowest BCUT2D eigenvalue weighted by Crippen LogP contribution is -2.40. The monoisotopic (exact) mass is 246 g/mol. The van der Waals surface area contributed by atoms with Crippen LogP contribution in [0.15, 0.2) is 18.2 Å². The zero-order valence-corrected chi connectivity index (χ0v) is 10.7. The molecule has 2 N–H and O–H groups in total. The van der Waals surface area contributed by atoms with Crippen molar-refractivity contribution in [1.29, 1.82) is 0 Å². The predicted octanol–water partition coefficient (Wildman–Crippen LogP) is 3.40. The van der Waals surface area contributed by atoms with Gasteiger partial charge in [-0.2, -0.15) is 0 Å². The summed E-state index contributed by atoms with van der Waals surface area (Å²) in [7, 11) is 1.92. The van der Waals surface area contributed by atoms with Gasteiger partial charge in [-0.3, -0.25) is 0 Å². The third-order valence-electron chi connectivity index (χ3n) is 2.02. The van der Waals surface area contributed by atoms with Gasteiger partial charge in [0.25, 0.3) is 0 Å². The van der Waals surface area contributed by atoms with E-state index in [1.54, 1.807) is 6.07 Å². The van der Waals surface area contributed by atoms with E-state index in [2.05, 4.69) is 24.5 Å². The van der Waals surface area contributed by atoms with Crippen molar-refractivity contribution >= 4 is 28.9 Å². The summed E-state index contributed by atoms with van der Waals surface area (Å²) in [5, 5.41) is 7.78. The SMILES string of the molecule is CNCC(C)(C)Nc1ccc(Cl)cc1Cl. The maximum atomic E-state index is 6.07. The molecule has 0 heterocycles. The molecule has 1 rings (SSSR count). The van der Waals surface area contributed by atoms with Gasteiger partial charge < -0.3 is 10.6 Å². The van der Waals surface area contributed by atoms with Crippen molar-refractivity contribution in [2.75, 3.05) is 18.9 Å². The van der Waals surface area contributed by atoms with Crippen LogP contribution in [0.2, 0.25) is 10.0 Å². The highest BCUT2D eigenvalue weighted by atomic mass is 35.5. The van der Waals surface area contributed by atoms with Gasteiger partial charge in [-0.25, -0.2) is 0 Å². The van der Waals surface area contributed by atoms with E-state index in [0.717, 1.165) is 12.2 Å². The topological polar surface area (TPSA) is 24.1 Å². The Labute approximate surface area is 101 Å². The van der Waals surface area contributed by atoms with Gasteiger partial charge in [0.1, 0.15) is 0 Å². The van der Waals surface area contributed by atoms with Gasteiger partial charge in [0, 0.05) is 17.1 Å². The first-order valence-corrected chi connectivity index (χ1v) is 5.58. The molecule has 0 saturated carbocycles. The average molecular weight is 247 g/mol. The third kappa shape index (κ3) is 3.90. The number of benzene rings is 1. The van der Waals surface area contributed by atoms with Crippen LogP contribution in [0.25, 0.3) is 0 Å². The molecule has 0 aliphatic rings. The number of likely N-dealkylation sites (N-methyl/N-ethyl adjacent to an activating group) is 1. The van der Waals surface area contributed by atoms with Crippen LogP contribution in [-0.2, 0) is 0 Å². The molecule has 0 bridgehead atoms. The molecule has 0 fully saturated rings. The van der Waals surface area contributed by atoms with Gasteiger partial charge in [-0.1, -0.05) is 23.2 Å². The molecule has 0 atom stereocenters. The largest absolute Gasteiger partial charge is 0.378 e. The molecule has 0 aliphatic carbocycles. The Morgan fingerprint density at radius 2 is 1.93 bits per heavy atom. The third-order valence-corrected chi connectivity index (χ3v) is 2.57. The van der Waals surface area contributed by atoms with E-state index in [1.165, 1.54) is 0 Å². The summed E-state index contributed by atoms with van der Waals surface area (Å²) in [5.74, 6) is 0. The quantitative estimate of drug-likeness (QED) is 0.852. The molecule has 0 aliphatic heterocycles. The van der Waals surface area contributed by atoms with Crippen LogP contribution >= 0.6 is 23.2 Å². The van der Waals surface area contributed by atoms with Gasteiger partial charge in [0.15, 0.2) is 0 Å². The Morgan fingerprint density at radius 1 is 1.27 bits per heavy atom. The van der Waals surface area contributed by atoms with Crippen LogP contribution in [0.4, 0.5) is 5.69 Å². The first-order valence-electron chi connectivity index (χ1n) is 4.82. The van der Waals surface area contributed by atoms with E-state index in [1.807, 2.05) is 19.2 Å². The first kappa shape index (κ1) is 12.6. The fourth-order valence-corrected chi connectivity index (χ4v) is 1.90. The molecule has 1 aromatic carbocycles. The van der Waals surface area contributed by atoms with Crippen LogP contribution < -0.4 is 10.6 Å². The van der Waals surface area contributed by atoms with Gasteiger partial charge in [-0.05, 0) is 39.1 Å². The van der Waals surface area contributed by atoms with E-state index in [9.17, 15) is 0 Å². The Kier molecular flexibility index (Phi) is 4.26. The van der Waals surface area contributed by atoms with Crippen molar-refractivity contribution in [3.05, 3.63) is 28.2 Å². The Morgan fingerprint density at radius 3 is 2.47 bits per heavy atom. The van der Waals surface area contributed by atoms with Crippen molar-refractivity contribution in [3.8, 4) is 0 Å². The summed E-state index contributed by atoms with van der Waals surface area (Å²) < 4.78 is 0. The van der Waals surface area contributed by atoms with Crippen molar-refractivity contribution in [2.45, 2.75) is 19.4 Å². The van der Waals surface area contributed by atoms with Gasteiger partial charge in [-0.15, -0.1) is 0 Å². The summed E-state index contributed by atoms with van der Waals surface area (Å²) in [6.07, 6.45) is 0. The number of hydrogen-bond acceptors (Lipinski definition) is 2. The lowest BCUT2D eigenvalue weighted by Gasteiger charge is -2.27. The zero-order valence-electron chi connectivity index (χ0n) is 9.20. The molecule has 15 heavy (non-hydrogen) atoms. The molecule has 1 aromatic rings.